The van der Waals surface area contributed by atoms with Gasteiger partial charge in [-0.1, -0.05) is 50.3 Å². The standard InChI is InChI=1S/C16H25N/c1-5-13(3)11-16(17-6-2)12-15-10-8-7-9-14(15)4/h7-10,16-17H,3,5-6,11-12H2,1-2,4H3. The van der Waals surface area contributed by atoms with Crippen molar-refractivity contribution in [2.75, 3.05) is 6.54 Å². The zero-order chi connectivity index (χ0) is 12.7. The Morgan fingerprint density at radius 2 is 2.00 bits per heavy atom. The smallest absolute Gasteiger partial charge is 0.0144 e. The highest BCUT2D eigenvalue weighted by atomic mass is 14.9. The van der Waals surface area contributed by atoms with Gasteiger partial charge in [0.25, 0.3) is 0 Å². The highest BCUT2D eigenvalue weighted by molar-refractivity contribution is 5.26. The third-order valence-corrected chi connectivity index (χ3v) is 3.26. The van der Waals surface area contributed by atoms with E-state index in [0.29, 0.717) is 6.04 Å². The lowest BCUT2D eigenvalue weighted by atomic mass is 9.96. The third kappa shape index (κ3) is 4.74. The van der Waals surface area contributed by atoms with Crippen LogP contribution in [-0.4, -0.2) is 12.6 Å². The summed E-state index contributed by atoms with van der Waals surface area (Å²) in [7, 11) is 0. The van der Waals surface area contributed by atoms with E-state index in [-0.39, 0.29) is 0 Å². The largest absolute Gasteiger partial charge is 0.314 e. The van der Waals surface area contributed by atoms with Crippen molar-refractivity contribution < 1.29 is 0 Å². The molecule has 0 radical (unpaired) electrons. The number of hydrogen-bond donors (Lipinski definition) is 1. The first-order chi connectivity index (χ1) is 8.17. The maximum atomic E-state index is 4.12. The summed E-state index contributed by atoms with van der Waals surface area (Å²) in [6.45, 7) is 11.7. The third-order valence-electron chi connectivity index (χ3n) is 3.26. The average molecular weight is 231 g/mol. The molecule has 94 valence electrons. The Balaban J connectivity index is 2.66. The average Bonchev–Trinajstić information content (AvgIpc) is 2.32. The maximum absolute atomic E-state index is 4.12. The van der Waals surface area contributed by atoms with Crippen LogP contribution in [-0.2, 0) is 6.42 Å². The molecule has 0 aliphatic heterocycles. The Morgan fingerprint density at radius 3 is 2.59 bits per heavy atom. The molecule has 0 aliphatic rings. The number of benzene rings is 1. The minimum Gasteiger partial charge on any atom is -0.314 e. The van der Waals surface area contributed by atoms with Crippen molar-refractivity contribution in [2.45, 2.75) is 46.1 Å². The molecule has 0 fully saturated rings. The highest BCUT2D eigenvalue weighted by Gasteiger charge is 2.10. The fourth-order valence-electron chi connectivity index (χ4n) is 2.10. The summed E-state index contributed by atoms with van der Waals surface area (Å²) in [5.74, 6) is 0. The van der Waals surface area contributed by atoms with E-state index >= 15 is 0 Å². The molecule has 1 atom stereocenters. The Bertz CT molecular complexity index is 354. The Labute approximate surface area is 106 Å². The lowest BCUT2D eigenvalue weighted by molar-refractivity contribution is 0.515. The Morgan fingerprint density at radius 1 is 1.29 bits per heavy atom. The van der Waals surface area contributed by atoms with E-state index in [1.165, 1.54) is 16.7 Å². The van der Waals surface area contributed by atoms with Gasteiger partial charge in [-0.15, -0.1) is 0 Å². The normalized spacial score (nSPS) is 12.4. The SMILES string of the molecule is C=C(CC)CC(Cc1ccccc1C)NCC. The van der Waals surface area contributed by atoms with Crippen molar-refractivity contribution in [1.82, 2.24) is 5.32 Å². The fraction of sp³-hybridized carbons (Fsp3) is 0.500. The van der Waals surface area contributed by atoms with Crippen molar-refractivity contribution >= 4 is 0 Å². The van der Waals surface area contributed by atoms with Gasteiger partial charge in [0.2, 0.25) is 0 Å². The quantitative estimate of drug-likeness (QED) is 0.702. The minimum absolute atomic E-state index is 0.522. The molecule has 1 nitrogen and oxygen atoms in total. The first kappa shape index (κ1) is 14.0. The van der Waals surface area contributed by atoms with Crippen molar-refractivity contribution in [3.05, 3.63) is 47.5 Å². The van der Waals surface area contributed by atoms with Gasteiger partial charge in [-0.05, 0) is 43.9 Å². The first-order valence-corrected chi connectivity index (χ1v) is 6.61. The van der Waals surface area contributed by atoms with Crippen LogP contribution in [0.25, 0.3) is 0 Å². The number of hydrogen-bond acceptors (Lipinski definition) is 1. The van der Waals surface area contributed by atoms with Gasteiger partial charge in [-0.3, -0.25) is 0 Å². The molecular weight excluding hydrogens is 206 g/mol. The van der Waals surface area contributed by atoms with Crippen molar-refractivity contribution in [2.24, 2.45) is 0 Å². The van der Waals surface area contributed by atoms with Gasteiger partial charge in [-0.25, -0.2) is 0 Å². The second kappa shape index (κ2) is 7.29. The van der Waals surface area contributed by atoms with Gasteiger partial charge in [0.05, 0.1) is 0 Å². The number of nitrogens with one attached hydrogen (secondary N) is 1. The predicted octanol–water partition coefficient (Wildman–Crippen LogP) is 3.87. The van der Waals surface area contributed by atoms with Crippen LogP contribution in [0.5, 0.6) is 0 Å². The molecule has 0 aromatic heterocycles. The van der Waals surface area contributed by atoms with Crippen LogP contribution >= 0.6 is 0 Å². The molecule has 1 aromatic rings. The monoisotopic (exact) mass is 231 g/mol. The summed E-state index contributed by atoms with van der Waals surface area (Å²) >= 11 is 0. The van der Waals surface area contributed by atoms with Gasteiger partial charge < -0.3 is 5.32 Å². The first-order valence-electron chi connectivity index (χ1n) is 6.61. The molecule has 0 amide bonds. The highest BCUT2D eigenvalue weighted by Crippen LogP contribution is 2.15. The van der Waals surface area contributed by atoms with Gasteiger partial charge in [0, 0.05) is 6.04 Å². The van der Waals surface area contributed by atoms with Crippen molar-refractivity contribution in [3.63, 3.8) is 0 Å². The van der Waals surface area contributed by atoms with E-state index in [1.54, 1.807) is 0 Å². The molecule has 0 saturated carbocycles. The molecule has 0 aliphatic carbocycles. The van der Waals surface area contributed by atoms with Crippen LogP contribution in [0.1, 0.15) is 37.8 Å². The lowest BCUT2D eigenvalue weighted by Crippen LogP contribution is -2.31. The Hall–Kier alpha value is -1.08. The van der Waals surface area contributed by atoms with Gasteiger partial charge in [0.15, 0.2) is 0 Å². The van der Waals surface area contributed by atoms with Crippen LogP contribution < -0.4 is 5.32 Å². The zero-order valence-corrected chi connectivity index (χ0v) is 11.4. The number of rotatable bonds is 7. The van der Waals surface area contributed by atoms with Crippen LogP contribution in [0.4, 0.5) is 0 Å². The summed E-state index contributed by atoms with van der Waals surface area (Å²) in [5, 5.41) is 3.56. The van der Waals surface area contributed by atoms with E-state index in [9.17, 15) is 0 Å². The molecule has 1 N–H and O–H groups in total. The van der Waals surface area contributed by atoms with Crippen LogP contribution in [0, 0.1) is 6.92 Å². The molecule has 0 bridgehead atoms. The van der Waals surface area contributed by atoms with E-state index in [0.717, 1.165) is 25.8 Å². The molecule has 1 aromatic carbocycles. The number of aryl methyl sites for hydroxylation is 1. The van der Waals surface area contributed by atoms with Crippen LogP contribution in [0.15, 0.2) is 36.4 Å². The van der Waals surface area contributed by atoms with E-state index in [2.05, 4.69) is 56.9 Å². The summed E-state index contributed by atoms with van der Waals surface area (Å²) in [5.41, 5.74) is 4.17. The number of likely N-dealkylation sites (N-methyl/N-ethyl adjacent to an activating group) is 1. The predicted molar refractivity (Wildman–Crippen MR) is 76.4 cm³/mol. The van der Waals surface area contributed by atoms with Crippen LogP contribution in [0.2, 0.25) is 0 Å². The molecule has 0 spiro atoms. The molecule has 1 rings (SSSR count). The van der Waals surface area contributed by atoms with E-state index in [1.807, 2.05) is 0 Å². The second-order valence-electron chi connectivity index (χ2n) is 4.69. The van der Waals surface area contributed by atoms with E-state index < -0.39 is 0 Å². The van der Waals surface area contributed by atoms with Gasteiger partial charge in [-0.2, -0.15) is 0 Å². The molecule has 1 heteroatoms. The maximum Gasteiger partial charge on any atom is 0.0144 e. The lowest BCUT2D eigenvalue weighted by Gasteiger charge is -2.19. The topological polar surface area (TPSA) is 12.0 Å². The summed E-state index contributed by atoms with van der Waals surface area (Å²) in [6, 6.07) is 9.17. The van der Waals surface area contributed by atoms with Crippen LogP contribution in [0.3, 0.4) is 0 Å². The minimum atomic E-state index is 0.522. The van der Waals surface area contributed by atoms with Crippen molar-refractivity contribution in [1.29, 1.82) is 0 Å². The van der Waals surface area contributed by atoms with Gasteiger partial charge in [0.1, 0.15) is 0 Å². The summed E-state index contributed by atoms with van der Waals surface area (Å²) in [4.78, 5) is 0. The molecule has 0 saturated heterocycles. The summed E-state index contributed by atoms with van der Waals surface area (Å²) < 4.78 is 0. The van der Waals surface area contributed by atoms with Crippen molar-refractivity contribution in [3.8, 4) is 0 Å². The second-order valence-corrected chi connectivity index (χ2v) is 4.69. The fourth-order valence-corrected chi connectivity index (χ4v) is 2.10. The van der Waals surface area contributed by atoms with Gasteiger partial charge >= 0.3 is 0 Å². The molecular formula is C16H25N. The molecule has 0 heterocycles. The Kier molecular flexibility index (Phi) is 5.99. The molecule has 17 heavy (non-hydrogen) atoms. The molecule has 1 unspecified atom stereocenters. The summed E-state index contributed by atoms with van der Waals surface area (Å²) in [6.07, 6.45) is 3.26. The zero-order valence-electron chi connectivity index (χ0n) is 11.4. The van der Waals surface area contributed by atoms with E-state index in [4.69, 9.17) is 0 Å².